The van der Waals surface area contributed by atoms with E-state index in [2.05, 4.69) is 20.3 Å². The van der Waals surface area contributed by atoms with Crippen molar-refractivity contribution in [2.24, 2.45) is 4.99 Å². The molecule has 0 saturated carbocycles. The molecule has 1 saturated heterocycles. The van der Waals surface area contributed by atoms with Crippen LogP contribution in [0.5, 0.6) is 0 Å². The van der Waals surface area contributed by atoms with E-state index in [1.807, 2.05) is 58.0 Å². The fourth-order valence-electron chi connectivity index (χ4n) is 4.30. The molecule has 0 aromatic carbocycles. The van der Waals surface area contributed by atoms with Crippen molar-refractivity contribution in [2.75, 3.05) is 6.54 Å². The van der Waals surface area contributed by atoms with E-state index in [9.17, 15) is 5.21 Å². The number of nitriles is 1. The number of amidine groups is 1. The van der Waals surface area contributed by atoms with Gasteiger partial charge in [-0.15, -0.1) is 15.4 Å². The molecule has 0 aliphatic carbocycles. The summed E-state index contributed by atoms with van der Waals surface area (Å²) < 4.78 is 7.85. The van der Waals surface area contributed by atoms with Gasteiger partial charge >= 0.3 is 0 Å². The van der Waals surface area contributed by atoms with E-state index in [4.69, 9.17) is 21.6 Å². The van der Waals surface area contributed by atoms with Crippen LogP contribution in [0.3, 0.4) is 0 Å². The summed E-state index contributed by atoms with van der Waals surface area (Å²) in [5.41, 5.74) is 0.661. The highest BCUT2D eigenvalue weighted by atomic mass is 35.5. The first-order chi connectivity index (χ1) is 16.0. The number of aliphatic imine (C=N–C) groups is 1. The molecule has 1 radical (unpaired) electrons. The number of hydrogen-bond donors (Lipinski definition) is 0. The fraction of sp³-hybridized carbons (Fsp3) is 0.609. The molecular formula is C23H32ClN8O2. The van der Waals surface area contributed by atoms with Gasteiger partial charge in [-0.1, -0.05) is 22.9 Å². The van der Waals surface area contributed by atoms with E-state index in [0.717, 1.165) is 22.7 Å². The second-order valence-corrected chi connectivity index (χ2v) is 10.1. The summed E-state index contributed by atoms with van der Waals surface area (Å²) >= 11 is 5.87. The largest absolute Gasteiger partial charge is 0.370 e. The van der Waals surface area contributed by atoms with Crippen LogP contribution in [0.15, 0.2) is 29.5 Å². The Morgan fingerprint density at radius 3 is 2.76 bits per heavy atom. The van der Waals surface area contributed by atoms with Crippen LogP contribution in [0.25, 0.3) is 0 Å². The molecule has 0 N–H and O–H groups in total. The zero-order chi connectivity index (χ0) is 24.9. The SMILES string of the molecule is CC(=NC#N)N(CCCn1cc(COC2CC(C)(C)N([O])C2(C)C)nn1)Cc1ccc(Cl)nc1. The number of hydrogen-bond acceptors (Lipinski definition) is 7. The number of aryl methyl sites for hydroxylation is 1. The van der Waals surface area contributed by atoms with Gasteiger partial charge in [-0.05, 0) is 59.1 Å². The highest BCUT2D eigenvalue weighted by Crippen LogP contribution is 2.41. The second kappa shape index (κ2) is 10.8. The average Bonchev–Trinajstić information content (AvgIpc) is 3.29. The molecule has 1 unspecified atom stereocenters. The highest BCUT2D eigenvalue weighted by molar-refractivity contribution is 6.29. The van der Waals surface area contributed by atoms with Crippen LogP contribution < -0.4 is 0 Å². The standard InChI is InChI=1S/C23H32ClN8O2/c1-17(27-16-25)30(13-18-7-8-21(24)26-12-18)9-6-10-31-14-19(28-29-31)15-34-20-11-22(2,3)32(33)23(20,4)5/h7-8,12,14,20H,6,9-11,13,15H2,1-5H3. The zero-order valence-corrected chi connectivity index (χ0v) is 21.2. The maximum Gasteiger partial charge on any atom is 0.207 e. The molecule has 1 aliphatic heterocycles. The number of halogens is 1. The Labute approximate surface area is 205 Å². The Bertz CT molecular complexity index is 1030. The van der Waals surface area contributed by atoms with E-state index in [1.54, 1.807) is 16.9 Å². The minimum atomic E-state index is -0.592. The summed E-state index contributed by atoms with van der Waals surface area (Å²) in [7, 11) is 0. The van der Waals surface area contributed by atoms with Gasteiger partial charge in [0.1, 0.15) is 16.7 Å². The number of rotatable bonds is 9. The Hall–Kier alpha value is -2.58. The number of ether oxygens (including phenoxy) is 1. The Kier molecular flexibility index (Phi) is 8.25. The molecule has 0 spiro atoms. The third kappa shape index (κ3) is 6.30. The van der Waals surface area contributed by atoms with Crippen LogP contribution in [0.1, 0.15) is 58.7 Å². The lowest BCUT2D eigenvalue weighted by atomic mass is 9.97. The molecular weight excluding hydrogens is 456 g/mol. The molecule has 0 bridgehead atoms. The van der Waals surface area contributed by atoms with Gasteiger partial charge < -0.3 is 9.64 Å². The van der Waals surface area contributed by atoms with Crippen molar-refractivity contribution in [1.82, 2.24) is 29.9 Å². The van der Waals surface area contributed by atoms with Crippen LogP contribution in [-0.4, -0.2) is 59.5 Å². The number of aromatic nitrogens is 4. The molecule has 34 heavy (non-hydrogen) atoms. The summed E-state index contributed by atoms with van der Waals surface area (Å²) in [5, 5.41) is 31.5. The first-order valence-electron chi connectivity index (χ1n) is 11.3. The Balaban J connectivity index is 1.52. The topological polar surface area (TPSA) is 115 Å². The van der Waals surface area contributed by atoms with E-state index >= 15 is 0 Å². The van der Waals surface area contributed by atoms with Crippen molar-refractivity contribution in [2.45, 2.75) is 84.3 Å². The molecule has 1 fully saturated rings. The molecule has 11 heteroatoms. The van der Waals surface area contributed by atoms with Gasteiger partial charge in [0.05, 0.1) is 24.4 Å². The highest BCUT2D eigenvalue weighted by Gasteiger charge is 2.53. The first kappa shape index (κ1) is 26.0. The van der Waals surface area contributed by atoms with E-state index in [1.165, 1.54) is 0 Å². The zero-order valence-electron chi connectivity index (χ0n) is 20.4. The fourth-order valence-corrected chi connectivity index (χ4v) is 4.41. The van der Waals surface area contributed by atoms with Crippen LogP contribution >= 0.6 is 11.6 Å². The quantitative estimate of drug-likeness (QED) is 0.229. The molecule has 2 aromatic rings. The van der Waals surface area contributed by atoms with Crippen molar-refractivity contribution >= 4 is 17.4 Å². The summed E-state index contributed by atoms with van der Waals surface area (Å²) in [6, 6.07) is 3.65. The van der Waals surface area contributed by atoms with E-state index in [0.29, 0.717) is 43.7 Å². The van der Waals surface area contributed by atoms with Crippen LogP contribution in [0.4, 0.5) is 0 Å². The van der Waals surface area contributed by atoms with Crippen LogP contribution in [0, 0.1) is 11.5 Å². The number of pyridine rings is 1. The number of nitrogens with zero attached hydrogens (tertiary/aromatic N) is 8. The van der Waals surface area contributed by atoms with Crippen molar-refractivity contribution in [3.63, 3.8) is 0 Å². The van der Waals surface area contributed by atoms with Crippen molar-refractivity contribution < 1.29 is 9.94 Å². The Morgan fingerprint density at radius 1 is 1.38 bits per heavy atom. The van der Waals surface area contributed by atoms with Crippen molar-refractivity contribution in [3.8, 4) is 6.19 Å². The molecule has 1 atom stereocenters. The van der Waals surface area contributed by atoms with Gasteiger partial charge in [-0.25, -0.2) is 4.98 Å². The van der Waals surface area contributed by atoms with Gasteiger partial charge in [0.25, 0.3) is 0 Å². The smallest absolute Gasteiger partial charge is 0.207 e. The van der Waals surface area contributed by atoms with E-state index < -0.39 is 11.1 Å². The second-order valence-electron chi connectivity index (χ2n) is 9.76. The minimum absolute atomic E-state index is 0.177. The molecule has 0 amide bonds. The van der Waals surface area contributed by atoms with Gasteiger partial charge in [0, 0.05) is 31.4 Å². The minimum Gasteiger partial charge on any atom is -0.370 e. The monoisotopic (exact) mass is 487 g/mol. The van der Waals surface area contributed by atoms with Crippen LogP contribution in [-0.2, 0) is 29.6 Å². The molecule has 3 heterocycles. The maximum absolute atomic E-state index is 12.5. The predicted molar refractivity (Wildman–Crippen MR) is 127 cm³/mol. The summed E-state index contributed by atoms with van der Waals surface area (Å²) in [4.78, 5) is 10.0. The van der Waals surface area contributed by atoms with Gasteiger partial charge in [0.2, 0.25) is 6.19 Å². The molecule has 1 aliphatic rings. The Morgan fingerprint density at radius 2 is 2.15 bits per heavy atom. The third-order valence-electron chi connectivity index (χ3n) is 6.21. The lowest BCUT2D eigenvalue weighted by Crippen LogP contribution is -2.48. The van der Waals surface area contributed by atoms with Crippen LogP contribution in [0.2, 0.25) is 5.15 Å². The van der Waals surface area contributed by atoms with Crippen molar-refractivity contribution in [1.29, 1.82) is 5.26 Å². The first-order valence-corrected chi connectivity index (χ1v) is 11.7. The third-order valence-corrected chi connectivity index (χ3v) is 6.43. The molecule has 10 nitrogen and oxygen atoms in total. The summed E-state index contributed by atoms with van der Waals surface area (Å²) in [5.74, 6) is 0.639. The van der Waals surface area contributed by atoms with Gasteiger partial charge in [0.15, 0.2) is 0 Å². The lowest BCUT2D eigenvalue weighted by molar-refractivity contribution is -0.254. The molecule has 2 aromatic heterocycles. The summed E-state index contributed by atoms with van der Waals surface area (Å²) in [6.07, 6.45) is 6.70. The van der Waals surface area contributed by atoms with Crippen molar-refractivity contribution in [3.05, 3.63) is 40.9 Å². The van der Waals surface area contributed by atoms with Gasteiger partial charge in [-0.2, -0.15) is 10.3 Å². The summed E-state index contributed by atoms with van der Waals surface area (Å²) in [6.45, 7) is 11.7. The predicted octanol–water partition coefficient (Wildman–Crippen LogP) is 3.61. The van der Waals surface area contributed by atoms with Gasteiger partial charge in [-0.3, -0.25) is 4.68 Å². The normalized spacial score (nSPS) is 19.8. The average molecular weight is 488 g/mol. The molecule has 3 rings (SSSR count). The van der Waals surface area contributed by atoms with E-state index in [-0.39, 0.29) is 6.10 Å². The molecule has 183 valence electrons. The number of hydroxylamine groups is 2. The maximum atomic E-state index is 12.5. The lowest BCUT2D eigenvalue weighted by Gasteiger charge is -2.33.